The molecule has 0 bridgehead atoms. The van der Waals surface area contributed by atoms with Crippen LogP contribution in [-0.4, -0.2) is 24.2 Å². The lowest BCUT2D eigenvalue weighted by atomic mass is 10.2. The highest BCUT2D eigenvalue weighted by atomic mass is 35.5. The Morgan fingerprint density at radius 2 is 1.48 bits per heavy atom. The molecule has 0 aliphatic carbocycles. The molecule has 7 heteroatoms. The summed E-state index contributed by atoms with van der Waals surface area (Å²) in [6.07, 6.45) is 0. The van der Waals surface area contributed by atoms with Crippen molar-refractivity contribution in [3.63, 3.8) is 0 Å². The first kappa shape index (κ1) is 17.3. The first-order valence-electron chi connectivity index (χ1n) is 7.30. The van der Waals surface area contributed by atoms with Gasteiger partial charge in [0, 0.05) is 5.56 Å². The number of aromatic nitrogens is 2. The zero-order chi connectivity index (χ0) is 17.8. The van der Waals surface area contributed by atoms with Crippen molar-refractivity contribution in [1.29, 1.82) is 0 Å². The Bertz CT molecular complexity index is 880. The molecule has 5 nitrogen and oxygen atoms in total. The number of halogens is 2. The van der Waals surface area contributed by atoms with E-state index in [0.717, 1.165) is 5.56 Å². The monoisotopic (exact) mass is 376 g/mol. The Hall–Kier alpha value is -2.50. The van der Waals surface area contributed by atoms with Gasteiger partial charge >= 0.3 is 0 Å². The first-order chi connectivity index (χ1) is 12.1. The van der Waals surface area contributed by atoms with E-state index in [0.29, 0.717) is 23.1 Å². The Kier molecular flexibility index (Phi) is 5.26. The molecule has 0 atom stereocenters. The summed E-state index contributed by atoms with van der Waals surface area (Å²) in [4.78, 5) is 8.56. The summed E-state index contributed by atoms with van der Waals surface area (Å²) >= 11 is 12.5. The second-order valence-electron chi connectivity index (χ2n) is 4.94. The summed E-state index contributed by atoms with van der Waals surface area (Å²) in [6.45, 7) is 0. The molecule has 25 heavy (non-hydrogen) atoms. The van der Waals surface area contributed by atoms with Crippen LogP contribution >= 0.6 is 23.2 Å². The molecule has 0 radical (unpaired) electrons. The number of benzene rings is 2. The predicted molar refractivity (Wildman–Crippen MR) is 97.1 cm³/mol. The third kappa shape index (κ3) is 3.78. The predicted octanol–water partition coefficient (Wildman–Crippen LogP) is 5.26. The van der Waals surface area contributed by atoms with Crippen LogP contribution in [0.4, 0.5) is 0 Å². The van der Waals surface area contributed by atoms with Crippen LogP contribution < -0.4 is 14.2 Å². The Morgan fingerprint density at radius 1 is 0.800 bits per heavy atom. The molecule has 0 saturated heterocycles. The molecule has 0 amide bonds. The SMILES string of the molecule is COc1cccc(-c2nc(Cl)c(Oc3ccccc3OC)c(Cl)n2)c1. The third-order valence-electron chi connectivity index (χ3n) is 3.39. The van der Waals surface area contributed by atoms with E-state index < -0.39 is 0 Å². The molecule has 0 aliphatic heterocycles. The summed E-state index contributed by atoms with van der Waals surface area (Å²) in [5, 5.41) is 0.201. The maximum absolute atomic E-state index is 6.27. The maximum Gasteiger partial charge on any atom is 0.202 e. The van der Waals surface area contributed by atoms with Gasteiger partial charge in [0.25, 0.3) is 0 Å². The largest absolute Gasteiger partial charge is 0.497 e. The fourth-order valence-corrected chi connectivity index (χ4v) is 2.65. The van der Waals surface area contributed by atoms with Crippen molar-refractivity contribution in [1.82, 2.24) is 9.97 Å². The summed E-state index contributed by atoms with van der Waals surface area (Å²) < 4.78 is 16.2. The van der Waals surface area contributed by atoms with Crippen LogP contribution in [0.1, 0.15) is 0 Å². The van der Waals surface area contributed by atoms with E-state index in [1.807, 2.05) is 30.3 Å². The minimum atomic E-state index is 0.101. The van der Waals surface area contributed by atoms with Gasteiger partial charge in [0.15, 0.2) is 27.6 Å². The van der Waals surface area contributed by atoms with Crippen molar-refractivity contribution in [3.05, 3.63) is 58.8 Å². The minimum Gasteiger partial charge on any atom is -0.497 e. The molecule has 128 valence electrons. The smallest absolute Gasteiger partial charge is 0.202 e. The molecule has 2 aromatic carbocycles. The van der Waals surface area contributed by atoms with Crippen molar-refractivity contribution >= 4 is 23.2 Å². The lowest BCUT2D eigenvalue weighted by Gasteiger charge is -2.12. The molecule has 3 rings (SSSR count). The van der Waals surface area contributed by atoms with Gasteiger partial charge in [-0.05, 0) is 24.3 Å². The van der Waals surface area contributed by atoms with Crippen molar-refractivity contribution in [2.24, 2.45) is 0 Å². The molecule has 1 aromatic heterocycles. The summed E-state index contributed by atoms with van der Waals surface area (Å²) in [5.41, 5.74) is 0.729. The highest BCUT2D eigenvalue weighted by Gasteiger charge is 2.17. The lowest BCUT2D eigenvalue weighted by Crippen LogP contribution is -1.97. The topological polar surface area (TPSA) is 53.5 Å². The van der Waals surface area contributed by atoms with Gasteiger partial charge in [-0.25, -0.2) is 9.97 Å². The second kappa shape index (κ2) is 7.59. The van der Waals surface area contributed by atoms with Crippen LogP contribution in [0.5, 0.6) is 23.0 Å². The number of para-hydroxylation sites is 2. The molecule has 0 fully saturated rings. The van der Waals surface area contributed by atoms with Gasteiger partial charge in [-0.3, -0.25) is 0 Å². The van der Waals surface area contributed by atoms with Crippen molar-refractivity contribution in [2.75, 3.05) is 14.2 Å². The average molecular weight is 377 g/mol. The van der Waals surface area contributed by atoms with E-state index >= 15 is 0 Å². The zero-order valence-electron chi connectivity index (χ0n) is 13.5. The lowest BCUT2D eigenvalue weighted by molar-refractivity contribution is 0.378. The Labute approximate surface area is 155 Å². The fraction of sp³-hybridized carbons (Fsp3) is 0.111. The number of rotatable bonds is 5. The van der Waals surface area contributed by atoms with E-state index in [-0.39, 0.29) is 16.1 Å². The van der Waals surface area contributed by atoms with Gasteiger partial charge in [0.1, 0.15) is 5.75 Å². The Morgan fingerprint density at radius 3 is 2.12 bits per heavy atom. The average Bonchev–Trinajstić information content (AvgIpc) is 2.64. The van der Waals surface area contributed by atoms with Crippen molar-refractivity contribution < 1.29 is 14.2 Å². The van der Waals surface area contributed by atoms with Crippen LogP contribution in [-0.2, 0) is 0 Å². The van der Waals surface area contributed by atoms with E-state index in [4.69, 9.17) is 37.4 Å². The van der Waals surface area contributed by atoms with Crippen LogP contribution in [0.3, 0.4) is 0 Å². The highest BCUT2D eigenvalue weighted by molar-refractivity contribution is 6.35. The van der Waals surface area contributed by atoms with Crippen LogP contribution in [0.25, 0.3) is 11.4 Å². The molecular formula is C18H14Cl2N2O3. The molecule has 0 spiro atoms. The second-order valence-corrected chi connectivity index (χ2v) is 5.66. The minimum absolute atomic E-state index is 0.101. The van der Waals surface area contributed by atoms with Gasteiger partial charge in [0.05, 0.1) is 14.2 Å². The Balaban J connectivity index is 1.98. The maximum atomic E-state index is 6.27. The van der Waals surface area contributed by atoms with E-state index in [2.05, 4.69) is 9.97 Å². The van der Waals surface area contributed by atoms with Crippen molar-refractivity contribution in [2.45, 2.75) is 0 Å². The molecular weight excluding hydrogens is 363 g/mol. The molecule has 0 N–H and O–H groups in total. The molecule has 0 unspecified atom stereocenters. The summed E-state index contributed by atoms with van der Waals surface area (Å²) in [5.74, 6) is 2.24. The third-order valence-corrected chi connectivity index (χ3v) is 3.90. The standard InChI is InChI=1S/C18H14Cl2N2O3/c1-23-12-7-5-6-11(10-12)18-21-16(19)15(17(20)22-18)25-14-9-4-3-8-13(14)24-2/h3-10H,1-2H3. The van der Waals surface area contributed by atoms with Gasteiger partial charge in [-0.15, -0.1) is 0 Å². The number of nitrogens with zero attached hydrogens (tertiary/aromatic N) is 2. The van der Waals surface area contributed by atoms with E-state index in [1.54, 1.807) is 32.4 Å². The quantitative estimate of drug-likeness (QED) is 0.568. The van der Waals surface area contributed by atoms with Gasteiger partial charge in [-0.2, -0.15) is 0 Å². The molecule has 0 saturated carbocycles. The van der Waals surface area contributed by atoms with Gasteiger partial charge in [-0.1, -0.05) is 47.5 Å². The first-order valence-corrected chi connectivity index (χ1v) is 8.06. The molecule has 1 heterocycles. The van der Waals surface area contributed by atoms with Crippen LogP contribution in [0, 0.1) is 0 Å². The van der Waals surface area contributed by atoms with Crippen LogP contribution in [0.2, 0.25) is 10.3 Å². The number of hydrogen-bond donors (Lipinski definition) is 0. The summed E-state index contributed by atoms with van der Waals surface area (Å²) in [7, 11) is 3.14. The van der Waals surface area contributed by atoms with Crippen LogP contribution in [0.15, 0.2) is 48.5 Å². The van der Waals surface area contributed by atoms with E-state index in [1.165, 1.54) is 0 Å². The number of methoxy groups -OCH3 is 2. The normalized spacial score (nSPS) is 10.4. The summed E-state index contributed by atoms with van der Waals surface area (Å²) in [6, 6.07) is 14.4. The zero-order valence-corrected chi connectivity index (χ0v) is 15.0. The van der Waals surface area contributed by atoms with Gasteiger partial charge in [0.2, 0.25) is 5.75 Å². The fourth-order valence-electron chi connectivity index (χ4n) is 2.19. The number of hydrogen-bond acceptors (Lipinski definition) is 5. The van der Waals surface area contributed by atoms with Gasteiger partial charge < -0.3 is 14.2 Å². The number of ether oxygens (including phenoxy) is 3. The van der Waals surface area contributed by atoms with Crippen molar-refractivity contribution in [3.8, 4) is 34.4 Å². The molecule has 0 aliphatic rings. The van der Waals surface area contributed by atoms with E-state index in [9.17, 15) is 0 Å². The molecule has 3 aromatic rings. The highest BCUT2D eigenvalue weighted by Crippen LogP contribution is 2.38.